The number of aromatic nitrogens is 2. The third kappa shape index (κ3) is 2.83. The van der Waals surface area contributed by atoms with Crippen LogP contribution >= 0.6 is 0 Å². The second kappa shape index (κ2) is 4.85. The summed E-state index contributed by atoms with van der Waals surface area (Å²) in [5, 5.41) is 6.13. The lowest BCUT2D eigenvalue weighted by Gasteiger charge is -2.32. The Hall–Kier alpha value is -1.40. The van der Waals surface area contributed by atoms with Gasteiger partial charge >= 0.3 is 0 Å². The number of nitrogens with zero attached hydrogens (tertiary/aromatic N) is 4. The molecule has 1 fully saturated rings. The first-order valence-electron chi connectivity index (χ1n) is 5.81. The molecule has 0 radical (unpaired) electrons. The van der Waals surface area contributed by atoms with Gasteiger partial charge in [-0.05, 0) is 14.0 Å². The first kappa shape index (κ1) is 12.1. The molecule has 94 valence electrons. The van der Waals surface area contributed by atoms with Gasteiger partial charge in [-0.25, -0.2) is 5.01 Å². The highest BCUT2D eigenvalue weighted by atomic mass is 16.2. The Morgan fingerprint density at radius 3 is 2.47 bits per heavy atom. The van der Waals surface area contributed by atoms with Gasteiger partial charge in [0.05, 0.1) is 11.3 Å². The SMILES string of the molecule is Cc1nn(C)cc1C(=O)NN1CCN(C)CC1. The zero-order valence-electron chi connectivity index (χ0n) is 10.6. The lowest BCUT2D eigenvalue weighted by atomic mass is 10.2. The highest BCUT2D eigenvalue weighted by Crippen LogP contribution is 2.05. The quantitative estimate of drug-likeness (QED) is 0.762. The first-order valence-corrected chi connectivity index (χ1v) is 5.81. The number of hydrogen-bond acceptors (Lipinski definition) is 4. The number of hydrazine groups is 1. The molecule has 6 nitrogen and oxygen atoms in total. The Balaban J connectivity index is 1.95. The zero-order valence-corrected chi connectivity index (χ0v) is 10.6. The maximum Gasteiger partial charge on any atom is 0.269 e. The highest BCUT2D eigenvalue weighted by Gasteiger charge is 2.18. The van der Waals surface area contributed by atoms with E-state index in [0.29, 0.717) is 5.56 Å². The Bertz CT molecular complexity index is 406. The van der Waals surface area contributed by atoms with Crippen LogP contribution in [0, 0.1) is 6.92 Å². The molecule has 6 heteroatoms. The second-order valence-electron chi connectivity index (χ2n) is 4.53. The van der Waals surface area contributed by atoms with E-state index in [1.54, 1.807) is 10.9 Å². The van der Waals surface area contributed by atoms with Crippen LogP contribution in [0.3, 0.4) is 0 Å². The number of rotatable bonds is 2. The molecule has 0 saturated carbocycles. The number of nitrogens with one attached hydrogen (secondary N) is 1. The third-order valence-corrected chi connectivity index (χ3v) is 3.02. The molecule has 1 amide bonds. The van der Waals surface area contributed by atoms with E-state index < -0.39 is 0 Å². The topological polar surface area (TPSA) is 53.4 Å². The Kier molecular flexibility index (Phi) is 3.44. The second-order valence-corrected chi connectivity index (χ2v) is 4.53. The average Bonchev–Trinajstić information content (AvgIpc) is 2.61. The number of carbonyl (C=O) groups excluding carboxylic acids is 1. The van der Waals surface area contributed by atoms with Gasteiger partial charge in [-0.2, -0.15) is 5.10 Å². The maximum atomic E-state index is 12.0. The van der Waals surface area contributed by atoms with E-state index in [4.69, 9.17) is 0 Å². The average molecular weight is 237 g/mol. The Labute approximate surface area is 101 Å². The fraction of sp³-hybridized carbons (Fsp3) is 0.636. The fourth-order valence-electron chi connectivity index (χ4n) is 1.94. The Morgan fingerprint density at radius 1 is 1.29 bits per heavy atom. The van der Waals surface area contributed by atoms with Crippen molar-refractivity contribution in [3.8, 4) is 0 Å². The minimum atomic E-state index is -0.0693. The van der Waals surface area contributed by atoms with Gasteiger partial charge in [0.2, 0.25) is 0 Å². The predicted molar refractivity (Wildman–Crippen MR) is 64.5 cm³/mol. The molecule has 2 rings (SSSR count). The summed E-state index contributed by atoms with van der Waals surface area (Å²) in [6.45, 7) is 5.53. The molecular formula is C11H19N5O. The van der Waals surface area contributed by atoms with Crippen LogP contribution < -0.4 is 5.43 Å². The summed E-state index contributed by atoms with van der Waals surface area (Å²) in [4.78, 5) is 14.3. The van der Waals surface area contributed by atoms with E-state index >= 15 is 0 Å². The van der Waals surface area contributed by atoms with Crippen molar-refractivity contribution in [2.75, 3.05) is 33.2 Å². The van der Waals surface area contributed by atoms with Gasteiger partial charge in [0, 0.05) is 39.4 Å². The van der Waals surface area contributed by atoms with E-state index in [1.807, 2.05) is 19.0 Å². The normalized spacial score (nSPS) is 18.3. The third-order valence-electron chi connectivity index (χ3n) is 3.02. The number of aryl methyl sites for hydroxylation is 2. The largest absolute Gasteiger partial charge is 0.304 e. The monoisotopic (exact) mass is 237 g/mol. The van der Waals surface area contributed by atoms with Crippen LogP contribution in [-0.4, -0.2) is 58.8 Å². The van der Waals surface area contributed by atoms with Crippen molar-refractivity contribution >= 4 is 5.91 Å². The molecule has 0 aliphatic carbocycles. The van der Waals surface area contributed by atoms with Crippen molar-refractivity contribution in [2.45, 2.75) is 6.92 Å². The molecule has 0 spiro atoms. The maximum absolute atomic E-state index is 12.0. The molecular weight excluding hydrogens is 218 g/mol. The van der Waals surface area contributed by atoms with Crippen molar-refractivity contribution in [2.24, 2.45) is 7.05 Å². The summed E-state index contributed by atoms with van der Waals surface area (Å²) in [5.74, 6) is -0.0693. The van der Waals surface area contributed by atoms with E-state index in [0.717, 1.165) is 31.9 Å². The first-order chi connectivity index (χ1) is 8.06. The van der Waals surface area contributed by atoms with E-state index in [1.165, 1.54) is 0 Å². The number of carbonyl (C=O) groups is 1. The predicted octanol–water partition coefficient (Wildman–Crippen LogP) is -0.379. The highest BCUT2D eigenvalue weighted by molar-refractivity contribution is 5.94. The zero-order chi connectivity index (χ0) is 12.4. The molecule has 0 atom stereocenters. The van der Waals surface area contributed by atoms with Crippen LogP contribution in [0.25, 0.3) is 0 Å². The number of likely N-dealkylation sites (N-methyl/N-ethyl adjacent to an activating group) is 1. The van der Waals surface area contributed by atoms with Crippen molar-refractivity contribution in [3.63, 3.8) is 0 Å². The van der Waals surface area contributed by atoms with Gasteiger partial charge in [0.15, 0.2) is 0 Å². The molecule has 2 heterocycles. The molecule has 1 aliphatic rings. The van der Waals surface area contributed by atoms with Gasteiger partial charge in [-0.15, -0.1) is 0 Å². The smallest absolute Gasteiger partial charge is 0.269 e. The summed E-state index contributed by atoms with van der Waals surface area (Å²) in [6.07, 6.45) is 1.75. The molecule has 1 aliphatic heterocycles. The lowest BCUT2D eigenvalue weighted by molar-refractivity contribution is 0.0662. The van der Waals surface area contributed by atoms with Crippen LogP contribution in [-0.2, 0) is 7.05 Å². The van der Waals surface area contributed by atoms with Gasteiger partial charge in [0.1, 0.15) is 0 Å². The van der Waals surface area contributed by atoms with Crippen molar-refractivity contribution in [1.29, 1.82) is 0 Å². The minimum absolute atomic E-state index is 0.0693. The summed E-state index contributed by atoms with van der Waals surface area (Å²) in [7, 11) is 3.91. The number of amides is 1. The lowest BCUT2D eigenvalue weighted by Crippen LogP contribution is -2.52. The van der Waals surface area contributed by atoms with Gasteiger partial charge in [-0.1, -0.05) is 0 Å². The molecule has 1 aromatic heterocycles. The molecule has 1 aromatic rings. The summed E-state index contributed by atoms with van der Waals surface area (Å²) < 4.78 is 1.66. The van der Waals surface area contributed by atoms with Crippen molar-refractivity contribution in [3.05, 3.63) is 17.5 Å². The molecule has 0 aromatic carbocycles. The van der Waals surface area contributed by atoms with Gasteiger partial charge in [0.25, 0.3) is 5.91 Å². The summed E-state index contributed by atoms with van der Waals surface area (Å²) in [5.41, 5.74) is 4.33. The summed E-state index contributed by atoms with van der Waals surface area (Å²) in [6, 6.07) is 0. The van der Waals surface area contributed by atoms with Crippen LogP contribution in [0.5, 0.6) is 0 Å². The van der Waals surface area contributed by atoms with E-state index in [9.17, 15) is 4.79 Å². The van der Waals surface area contributed by atoms with Crippen LogP contribution in [0.1, 0.15) is 16.1 Å². The summed E-state index contributed by atoms with van der Waals surface area (Å²) >= 11 is 0. The van der Waals surface area contributed by atoms with Gasteiger partial charge < -0.3 is 4.90 Å². The fourth-order valence-corrected chi connectivity index (χ4v) is 1.94. The number of hydrogen-bond donors (Lipinski definition) is 1. The Morgan fingerprint density at radius 2 is 1.94 bits per heavy atom. The van der Waals surface area contributed by atoms with Crippen molar-refractivity contribution < 1.29 is 4.79 Å². The van der Waals surface area contributed by atoms with Crippen molar-refractivity contribution in [1.82, 2.24) is 25.1 Å². The van der Waals surface area contributed by atoms with E-state index in [2.05, 4.69) is 22.5 Å². The molecule has 1 saturated heterocycles. The van der Waals surface area contributed by atoms with Crippen LogP contribution in [0.4, 0.5) is 0 Å². The standard InChI is InChI=1S/C11H19N5O/c1-9-10(8-15(3)12-9)11(17)13-16-6-4-14(2)5-7-16/h8H,4-7H2,1-3H3,(H,13,17). The van der Waals surface area contributed by atoms with E-state index in [-0.39, 0.29) is 5.91 Å². The minimum Gasteiger partial charge on any atom is -0.304 e. The number of piperazine rings is 1. The van der Waals surface area contributed by atoms with Crippen LogP contribution in [0.2, 0.25) is 0 Å². The molecule has 0 unspecified atom stereocenters. The van der Waals surface area contributed by atoms with Gasteiger partial charge in [-0.3, -0.25) is 14.9 Å². The molecule has 17 heavy (non-hydrogen) atoms. The molecule has 1 N–H and O–H groups in total. The van der Waals surface area contributed by atoms with Crippen LogP contribution in [0.15, 0.2) is 6.20 Å². The molecule has 0 bridgehead atoms.